The van der Waals surface area contributed by atoms with E-state index in [-0.39, 0.29) is 19.3 Å². The molecule has 0 aromatic heterocycles. The number of aryl methyl sites for hydroxylation is 1. The van der Waals surface area contributed by atoms with Crippen molar-refractivity contribution in [3.05, 3.63) is 35.4 Å². The van der Waals surface area contributed by atoms with Gasteiger partial charge >= 0.3 is 12.2 Å². The number of carbonyl (C=O) groups excluding carboxylic acids is 3. The Morgan fingerprint density at radius 1 is 1.26 bits per heavy atom. The molecular weight excluding hydrogens is 363 g/mol. The lowest BCUT2D eigenvalue weighted by Crippen LogP contribution is -2.57. The molecule has 3 aliphatic rings. The summed E-state index contributed by atoms with van der Waals surface area (Å²) in [7, 11) is 0. The number of alkyl halides is 3. The lowest BCUT2D eigenvalue weighted by atomic mass is 9.88. The number of nitrogens with one attached hydrogen (secondary N) is 1. The molecule has 27 heavy (non-hydrogen) atoms. The van der Waals surface area contributed by atoms with Crippen LogP contribution in [0.25, 0.3) is 0 Å². The number of rotatable bonds is 4. The summed E-state index contributed by atoms with van der Waals surface area (Å²) in [6.07, 6.45) is -3.44. The molecule has 3 atom stereocenters. The minimum Gasteiger partial charge on any atom is -0.368 e. The highest BCUT2D eigenvalue weighted by molar-refractivity contribution is 6.10. The lowest BCUT2D eigenvalue weighted by Gasteiger charge is -2.32. The molecule has 144 valence electrons. The van der Waals surface area contributed by atoms with E-state index < -0.39 is 47.4 Å². The summed E-state index contributed by atoms with van der Waals surface area (Å²) >= 11 is 0. The fourth-order valence-electron chi connectivity index (χ4n) is 4.43. The highest BCUT2D eigenvalue weighted by atomic mass is 19.4. The SMILES string of the molecule is NC(=O)C([C@@H](C1CC1)C(F)(F)F)N1C(=O)N[C@]2(CCc3ccccc32)C1=O. The number of imide groups is 1. The summed E-state index contributed by atoms with van der Waals surface area (Å²) in [5.41, 5.74) is 5.25. The normalized spacial score (nSPS) is 26.9. The second-order valence-corrected chi connectivity index (χ2v) is 7.42. The summed E-state index contributed by atoms with van der Waals surface area (Å²) in [5, 5.41) is 2.55. The van der Waals surface area contributed by atoms with E-state index >= 15 is 0 Å². The van der Waals surface area contributed by atoms with E-state index in [0.29, 0.717) is 16.9 Å². The number of amides is 4. The third kappa shape index (κ3) is 2.59. The third-order valence-electron chi connectivity index (χ3n) is 5.79. The molecule has 1 aliphatic heterocycles. The standard InChI is InChI=1S/C18H18F3N3O3/c19-18(20,21)12(10-5-6-10)13(14(22)25)24-15(26)17(23-16(24)27)8-7-9-3-1-2-4-11(9)17/h1-4,10,12-13H,5-8H2,(H2,22,25)(H,23,27)/t12-,13?,17+/m1/s1. The maximum absolute atomic E-state index is 13.7. The molecule has 1 spiro atoms. The van der Waals surface area contributed by atoms with Crippen molar-refractivity contribution >= 4 is 17.8 Å². The summed E-state index contributed by atoms with van der Waals surface area (Å²) in [6, 6.07) is 3.91. The second-order valence-electron chi connectivity index (χ2n) is 7.42. The Bertz CT molecular complexity index is 837. The number of halogens is 3. The maximum Gasteiger partial charge on any atom is 0.394 e. The van der Waals surface area contributed by atoms with E-state index in [1.165, 1.54) is 0 Å². The van der Waals surface area contributed by atoms with Crippen LogP contribution in [0.3, 0.4) is 0 Å². The van der Waals surface area contributed by atoms with E-state index in [9.17, 15) is 27.6 Å². The predicted octanol–water partition coefficient (Wildman–Crippen LogP) is 1.82. The van der Waals surface area contributed by atoms with Crippen molar-refractivity contribution in [1.82, 2.24) is 10.2 Å². The average molecular weight is 381 g/mol. The van der Waals surface area contributed by atoms with Crippen molar-refractivity contribution in [2.24, 2.45) is 17.6 Å². The predicted molar refractivity (Wildman–Crippen MR) is 87.1 cm³/mol. The van der Waals surface area contributed by atoms with Gasteiger partial charge in [-0.1, -0.05) is 24.3 Å². The Hall–Kier alpha value is -2.58. The number of nitrogens with zero attached hydrogens (tertiary/aromatic N) is 1. The number of primary amides is 1. The zero-order chi connectivity index (χ0) is 19.6. The van der Waals surface area contributed by atoms with Gasteiger partial charge in [0.2, 0.25) is 5.91 Å². The van der Waals surface area contributed by atoms with Crippen molar-refractivity contribution in [3.63, 3.8) is 0 Å². The van der Waals surface area contributed by atoms with Gasteiger partial charge in [0.05, 0.1) is 5.92 Å². The van der Waals surface area contributed by atoms with Crippen LogP contribution in [-0.4, -0.2) is 35.0 Å². The second kappa shape index (κ2) is 5.71. The zero-order valence-electron chi connectivity index (χ0n) is 14.3. The highest BCUT2D eigenvalue weighted by Crippen LogP contribution is 2.50. The average Bonchev–Trinajstić information content (AvgIpc) is 3.29. The van der Waals surface area contributed by atoms with Crippen molar-refractivity contribution in [1.29, 1.82) is 0 Å². The molecule has 2 fully saturated rings. The Morgan fingerprint density at radius 2 is 1.93 bits per heavy atom. The number of urea groups is 1. The van der Waals surface area contributed by atoms with Gasteiger partial charge in [0.1, 0.15) is 11.6 Å². The van der Waals surface area contributed by atoms with Crippen molar-refractivity contribution in [2.45, 2.75) is 43.4 Å². The van der Waals surface area contributed by atoms with Crippen LogP contribution in [-0.2, 0) is 21.5 Å². The van der Waals surface area contributed by atoms with Gasteiger partial charge in [0.25, 0.3) is 5.91 Å². The van der Waals surface area contributed by atoms with E-state index in [4.69, 9.17) is 5.73 Å². The van der Waals surface area contributed by atoms with Crippen molar-refractivity contribution < 1.29 is 27.6 Å². The number of nitrogens with two attached hydrogens (primary N) is 1. The maximum atomic E-state index is 13.7. The number of benzene rings is 1. The Balaban J connectivity index is 1.76. The van der Waals surface area contributed by atoms with Crippen LogP contribution in [0.1, 0.15) is 30.4 Å². The highest BCUT2D eigenvalue weighted by Gasteiger charge is 2.63. The Kier molecular flexibility index (Phi) is 3.77. The fourth-order valence-corrected chi connectivity index (χ4v) is 4.43. The molecule has 0 radical (unpaired) electrons. The monoisotopic (exact) mass is 381 g/mol. The molecule has 4 rings (SSSR count). The molecule has 1 aromatic rings. The molecule has 1 saturated carbocycles. The molecule has 9 heteroatoms. The fraction of sp³-hybridized carbons (Fsp3) is 0.500. The van der Waals surface area contributed by atoms with E-state index in [1.807, 2.05) is 0 Å². The van der Waals surface area contributed by atoms with Crippen LogP contribution < -0.4 is 11.1 Å². The Labute approximate surface area is 152 Å². The molecule has 0 bridgehead atoms. The first-order valence-corrected chi connectivity index (χ1v) is 8.77. The topological polar surface area (TPSA) is 92.5 Å². The van der Waals surface area contributed by atoms with E-state index in [0.717, 1.165) is 5.56 Å². The summed E-state index contributed by atoms with van der Waals surface area (Å²) < 4.78 is 41.0. The van der Waals surface area contributed by atoms with Crippen LogP contribution in [0, 0.1) is 11.8 Å². The van der Waals surface area contributed by atoms with Gasteiger partial charge in [0, 0.05) is 0 Å². The minimum absolute atomic E-state index is 0.235. The van der Waals surface area contributed by atoms with Crippen LogP contribution in [0.2, 0.25) is 0 Å². The lowest BCUT2D eigenvalue weighted by molar-refractivity contribution is -0.197. The molecule has 1 aromatic carbocycles. The van der Waals surface area contributed by atoms with Crippen molar-refractivity contribution in [3.8, 4) is 0 Å². The smallest absolute Gasteiger partial charge is 0.368 e. The molecule has 2 aliphatic carbocycles. The van der Waals surface area contributed by atoms with Crippen LogP contribution in [0.4, 0.5) is 18.0 Å². The van der Waals surface area contributed by atoms with Gasteiger partial charge in [-0.25, -0.2) is 9.69 Å². The first kappa shape index (κ1) is 17.8. The minimum atomic E-state index is -4.75. The third-order valence-corrected chi connectivity index (χ3v) is 5.79. The van der Waals surface area contributed by atoms with Gasteiger partial charge in [-0.15, -0.1) is 0 Å². The van der Waals surface area contributed by atoms with Gasteiger partial charge < -0.3 is 11.1 Å². The number of hydrogen-bond donors (Lipinski definition) is 2. The molecule has 1 saturated heterocycles. The molecule has 1 heterocycles. The van der Waals surface area contributed by atoms with E-state index in [1.54, 1.807) is 24.3 Å². The van der Waals surface area contributed by atoms with Gasteiger partial charge in [-0.2, -0.15) is 13.2 Å². The zero-order valence-corrected chi connectivity index (χ0v) is 14.3. The number of carbonyl (C=O) groups is 3. The van der Waals surface area contributed by atoms with Crippen molar-refractivity contribution in [2.75, 3.05) is 0 Å². The summed E-state index contributed by atoms with van der Waals surface area (Å²) in [5.74, 6) is -5.11. The molecule has 3 N–H and O–H groups in total. The molecule has 6 nitrogen and oxygen atoms in total. The molecular formula is C18H18F3N3O3. The number of hydrogen-bond acceptors (Lipinski definition) is 3. The summed E-state index contributed by atoms with van der Waals surface area (Å²) in [6.45, 7) is 0. The van der Waals surface area contributed by atoms with E-state index in [2.05, 4.69) is 5.32 Å². The summed E-state index contributed by atoms with van der Waals surface area (Å²) in [4.78, 5) is 38.2. The van der Waals surface area contributed by atoms with Gasteiger partial charge in [-0.3, -0.25) is 9.59 Å². The van der Waals surface area contributed by atoms with Crippen LogP contribution in [0.5, 0.6) is 0 Å². The largest absolute Gasteiger partial charge is 0.394 e. The number of fused-ring (bicyclic) bond motifs is 2. The Morgan fingerprint density at radius 3 is 2.52 bits per heavy atom. The molecule has 4 amide bonds. The van der Waals surface area contributed by atoms with Gasteiger partial charge in [-0.05, 0) is 42.7 Å². The first-order valence-electron chi connectivity index (χ1n) is 8.77. The quantitative estimate of drug-likeness (QED) is 0.780. The van der Waals surface area contributed by atoms with Crippen LogP contribution >= 0.6 is 0 Å². The van der Waals surface area contributed by atoms with Gasteiger partial charge in [0.15, 0.2) is 0 Å². The first-order chi connectivity index (χ1) is 12.7. The van der Waals surface area contributed by atoms with Crippen LogP contribution in [0.15, 0.2) is 24.3 Å². The molecule has 1 unspecified atom stereocenters.